The number of amides is 1. The van der Waals surface area contributed by atoms with E-state index in [2.05, 4.69) is 10.2 Å². The van der Waals surface area contributed by atoms with Crippen molar-refractivity contribution in [2.24, 2.45) is 0 Å². The van der Waals surface area contributed by atoms with E-state index in [9.17, 15) is 4.79 Å². The summed E-state index contributed by atoms with van der Waals surface area (Å²) < 4.78 is 10.8. The van der Waals surface area contributed by atoms with Crippen molar-refractivity contribution in [2.45, 2.75) is 19.4 Å². The molecule has 1 aliphatic heterocycles. The van der Waals surface area contributed by atoms with Crippen molar-refractivity contribution in [1.29, 1.82) is 0 Å². The van der Waals surface area contributed by atoms with Gasteiger partial charge < -0.3 is 14.1 Å². The average Bonchev–Trinajstić information content (AvgIpc) is 3.25. The van der Waals surface area contributed by atoms with Crippen LogP contribution in [0.1, 0.15) is 23.2 Å². The summed E-state index contributed by atoms with van der Waals surface area (Å²) >= 11 is 0. The van der Waals surface area contributed by atoms with Gasteiger partial charge in [-0.15, -0.1) is 10.2 Å². The zero-order chi connectivity index (χ0) is 17.4. The molecule has 1 unspecified atom stereocenters. The van der Waals surface area contributed by atoms with Crippen LogP contribution in [0.25, 0.3) is 11.5 Å². The summed E-state index contributed by atoms with van der Waals surface area (Å²) in [6.45, 7) is 2.01. The van der Waals surface area contributed by atoms with E-state index >= 15 is 0 Å². The maximum absolute atomic E-state index is 12.9. The lowest BCUT2D eigenvalue weighted by atomic mass is 10.1. The Kier molecular flexibility index (Phi) is 3.72. The smallest absolute Gasteiger partial charge is 0.316 e. The molecule has 25 heavy (non-hydrogen) atoms. The highest BCUT2D eigenvalue weighted by atomic mass is 16.5. The molecule has 6 nitrogen and oxygen atoms in total. The molecule has 1 atom stereocenters. The van der Waals surface area contributed by atoms with Crippen LogP contribution < -0.4 is 9.64 Å². The number of aromatic nitrogens is 2. The van der Waals surface area contributed by atoms with Gasteiger partial charge in [-0.25, -0.2) is 0 Å². The normalized spacial score (nSPS) is 15.9. The fraction of sp³-hybridized carbons (Fsp3) is 0.211. The number of fused-ring (bicyclic) bond motifs is 1. The monoisotopic (exact) mass is 335 g/mol. The number of hydrogen-bond donors (Lipinski definition) is 0. The summed E-state index contributed by atoms with van der Waals surface area (Å²) in [5.74, 6) is 0.688. The Balaban J connectivity index is 1.65. The molecule has 2 heterocycles. The Hall–Kier alpha value is -3.15. The van der Waals surface area contributed by atoms with E-state index in [1.165, 1.54) is 0 Å². The molecule has 0 saturated heterocycles. The second kappa shape index (κ2) is 6.05. The van der Waals surface area contributed by atoms with Gasteiger partial charge in [0.2, 0.25) is 5.89 Å². The lowest BCUT2D eigenvalue weighted by Gasteiger charge is -2.20. The number of carbonyl (C=O) groups excluding carboxylic acids is 1. The van der Waals surface area contributed by atoms with Gasteiger partial charge in [0.05, 0.1) is 7.11 Å². The topological polar surface area (TPSA) is 68.5 Å². The number of anilines is 1. The van der Waals surface area contributed by atoms with E-state index in [1.54, 1.807) is 18.1 Å². The molecule has 3 aromatic rings. The highest BCUT2D eigenvalue weighted by molar-refractivity contribution is 6.04. The molecule has 0 saturated carbocycles. The first kappa shape index (κ1) is 15.4. The zero-order valence-electron chi connectivity index (χ0n) is 14.0. The molecule has 1 amide bonds. The molecule has 6 heteroatoms. The molecule has 0 N–H and O–H groups in total. The van der Waals surface area contributed by atoms with Crippen LogP contribution in [0.3, 0.4) is 0 Å². The fourth-order valence-corrected chi connectivity index (χ4v) is 3.16. The third-order valence-electron chi connectivity index (χ3n) is 4.35. The van der Waals surface area contributed by atoms with Crippen LogP contribution in [-0.4, -0.2) is 29.3 Å². The second-order valence-electron chi connectivity index (χ2n) is 6.00. The fourth-order valence-electron chi connectivity index (χ4n) is 3.16. The number of rotatable bonds is 3. The Morgan fingerprint density at radius 3 is 2.88 bits per heavy atom. The molecule has 1 aliphatic rings. The quantitative estimate of drug-likeness (QED) is 0.734. The molecule has 1 aromatic heterocycles. The highest BCUT2D eigenvalue weighted by Gasteiger charge is 2.34. The van der Waals surface area contributed by atoms with Crippen LogP contribution in [0.2, 0.25) is 0 Å². The minimum Gasteiger partial charge on any atom is -0.497 e. The molecule has 0 bridgehead atoms. The van der Waals surface area contributed by atoms with Crippen molar-refractivity contribution in [3.05, 3.63) is 60.0 Å². The van der Waals surface area contributed by atoms with Crippen molar-refractivity contribution in [2.75, 3.05) is 12.0 Å². The first-order valence-electron chi connectivity index (χ1n) is 8.07. The maximum atomic E-state index is 12.9. The van der Waals surface area contributed by atoms with Crippen molar-refractivity contribution < 1.29 is 13.9 Å². The lowest BCUT2D eigenvalue weighted by Crippen LogP contribution is -2.35. The molecule has 0 spiro atoms. The third kappa shape index (κ3) is 2.65. The van der Waals surface area contributed by atoms with E-state index in [4.69, 9.17) is 9.15 Å². The van der Waals surface area contributed by atoms with Crippen molar-refractivity contribution in [3.63, 3.8) is 0 Å². The van der Waals surface area contributed by atoms with Gasteiger partial charge in [0.15, 0.2) is 0 Å². The number of carbonyl (C=O) groups is 1. The number of ether oxygens (including phenoxy) is 1. The molecule has 0 radical (unpaired) electrons. The van der Waals surface area contributed by atoms with Crippen LogP contribution in [0.5, 0.6) is 5.75 Å². The summed E-state index contributed by atoms with van der Waals surface area (Å²) in [7, 11) is 1.59. The van der Waals surface area contributed by atoms with Gasteiger partial charge in [-0.3, -0.25) is 4.79 Å². The largest absolute Gasteiger partial charge is 0.497 e. The second-order valence-corrected chi connectivity index (χ2v) is 6.00. The molecule has 126 valence electrons. The van der Waals surface area contributed by atoms with Crippen molar-refractivity contribution >= 4 is 11.6 Å². The maximum Gasteiger partial charge on any atom is 0.316 e. The molecule has 2 aromatic carbocycles. The van der Waals surface area contributed by atoms with E-state index in [1.807, 2.05) is 49.4 Å². The number of methoxy groups -OCH3 is 1. The molecular formula is C19H17N3O3. The summed E-state index contributed by atoms with van der Waals surface area (Å²) in [6, 6.07) is 15.2. The third-order valence-corrected chi connectivity index (χ3v) is 4.35. The van der Waals surface area contributed by atoms with Crippen LogP contribution in [0.4, 0.5) is 5.69 Å². The van der Waals surface area contributed by atoms with Gasteiger partial charge in [-0.1, -0.05) is 24.3 Å². The Morgan fingerprint density at radius 2 is 2.04 bits per heavy atom. The van der Waals surface area contributed by atoms with Crippen molar-refractivity contribution in [3.8, 4) is 17.2 Å². The highest BCUT2D eigenvalue weighted by Crippen LogP contribution is 2.33. The Bertz CT molecular complexity index is 935. The molecule has 0 fully saturated rings. The first-order valence-corrected chi connectivity index (χ1v) is 8.07. The average molecular weight is 335 g/mol. The summed E-state index contributed by atoms with van der Waals surface area (Å²) in [4.78, 5) is 14.6. The van der Waals surface area contributed by atoms with Crippen LogP contribution >= 0.6 is 0 Å². The number of nitrogens with zero attached hydrogens (tertiary/aromatic N) is 3. The van der Waals surface area contributed by atoms with Gasteiger partial charge in [0.25, 0.3) is 0 Å². The van der Waals surface area contributed by atoms with Gasteiger partial charge in [-0.05, 0) is 43.2 Å². The Morgan fingerprint density at radius 1 is 1.20 bits per heavy atom. The number of benzene rings is 2. The van der Waals surface area contributed by atoms with Crippen molar-refractivity contribution in [1.82, 2.24) is 10.2 Å². The predicted octanol–water partition coefficient (Wildman–Crippen LogP) is 3.34. The minimum atomic E-state index is -0.279. The van der Waals surface area contributed by atoms with Gasteiger partial charge in [-0.2, -0.15) is 0 Å². The van der Waals surface area contributed by atoms with E-state index in [0.29, 0.717) is 17.2 Å². The molecule has 4 rings (SSSR count). The van der Waals surface area contributed by atoms with Crippen LogP contribution in [0.15, 0.2) is 52.9 Å². The van der Waals surface area contributed by atoms with E-state index in [0.717, 1.165) is 17.7 Å². The molecule has 0 aliphatic carbocycles. The standard InChI is InChI=1S/C19H17N3O3/c1-12-10-13-6-3-4-9-16(13)22(12)19(23)18-21-20-17(25-18)14-7-5-8-15(11-14)24-2/h3-9,11-12H,10H2,1-2H3. The summed E-state index contributed by atoms with van der Waals surface area (Å²) in [5, 5.41) is 7.97. The first-order chi connectivity index (χ1) is 12.2. The SMILES string of the molecule is COc1cccc(-c2nnc(C(=O)N3c4ccccc4CC3C)o2)c1. The van der Waals surface area contributed by atoms with Gasteiger partial charge in [0.1, 0.15) is 5.75 Å². The number of hydrogen-bond acceptors (Lipinski definition) is 5. The number of para-hydroxylation sites is 1. The Labute approximate surface area is 145 Å². The molecular weight excluding hydrogens is 318 g/mol. The van der Waals surface area contributed by atoms with E-state index < -0.39 is 0 Å². The lowest BCUT2D eigenvalue weighted by molar-refractivity contribution is 0.0948. The van der Waals surface area contributed by atoms with Crippen LogP contribution in [0, 0.1) is 0 Å². The van der Waals surface area contributed by atoms with Crippen LogP contribution in [-0.2, 0) is 6.42 Å². The zero-order valence-corrected chi connectivity index (χ0v) is 14.0. The minimum absolute atomic E-state index is 0.0126. The predicted molar refractivity (Wildman–Crippen MR) is 92.7 cm³/mol. The van der Waals surface area contributed by atoms with Gasteiger partial charge >= 0.3 is 11.8 Å². The van der Waals surface area contributed by atoms with Gasteiger partial charge in [0, 0.05) is 17.3 Å². The summed E-state index contributed by atoms with van der Waals surface area (Å²) in [6.07, 6.45) is 0.818. The summed E-state index contributed by atoms with van der Waals surface area (Å²) in [5.41, 5.74) is 2.76. The van der Waals surface area contributed by atoms with E-state index in [-0.39, 0.29) is 17.8 Å².